The van der Waals surface area contributed by atoms with Crippen molar-refractivity contribution in [2.45, 2.75) is 6.54 Å². The topological polar surface area (TPSA) is 121 Å². The van der Waals surface area contributed by atoms with Crippen molar-refractivity contribution in [1.29, 1.82) is 0 Å². The highest BCUT2D eigenvalue weighted by atomic mass is 32.1. The molecule has 0 aliphatic heterocycles. The first kappa shape index (κ1) is 20.3. The number of ether oxygens (including phenoxy) is 2. The molecule has 0 bridgehead atoms. The monoisotopic (exact) mass is 440 g/mol. The summed E-state index contributed by atoms with van der Waals surface area (Å²) in [7, 11) is 3.07. The van der Waals surface area contributed by atoms with Crippen LogP contribution in [0.1, 0.15) is 16.1 Å². The number of benzene rings is 1. The van der Waals surface area contributed by atoms with E-state index in [-0.39, 0.29) is 12.3 Å². The molecule has 0 unspecified atom stereocenters. The molecule has 4 rings (SSSR count). The number of thiazole rings is 1. The number of fused-ring (bicyclic) bond motifs is 1. The van der Waals surface area contributed by atoms with E-state index in [1.807, 2.05) is 6.07 Å². The summed E-state index contributed by atoms with van der Waals surface area (Å²) in [4.78, 5) is 33.6. The van der Waals surface area contributed by atoms with Gasteiger partial charge in [0.05, 0.1) is 26.8 Å². The van der Waals surface area contributed by atoms with Crippen LogP contribution >= 0.6 is 11.3 Å². The van der Waals surface area contributed by atoms with E-state index in [0.717, 1.165) is 11.6 Å². The van der Waals surface area contributed by atoms with E-state index in [9.17, 15) is 14.9 Å². The molecule has 31 heavy (non-hydrogen) atoms. The van der Waals surface area contributed by atoms with Gasteiger partial charge in [0.15, 0.2) is 10.9 Å². The summed E-state index contributed by atoms with van der Waals surface area (Å²) >= 11 is 1.23. The number of nitrogens with zero attached hydrogens (tertiary/aromatic N) is 4. The van der Waals surface area contributed by atoms with Gasteiger partial charge in [-0.2, -0.15) is 0 Å². The van der Waals surface area contributed by atoms with E-state index < -0.39 is 16.7 Å². The summed E-state index contributed by atoms with van der Waals surface area (Å²) in [6.07, 6.45) is 3.25. The molecule has 3 aromatic heterocycles. The third kappa shape index (κ3) is 3.90. The van der Waals surface area contributed by atoms with Gasteiger partial charge in [-0.3, -0.25) is 24.8 Å². The van der Waals surface area contributed by atoms with E-state index in [1.54, 1.807) is 37.7 Å². The summed E-state index contributed by atoms with van der Waals surface area (Å²) in [5.74, 6) is -0.150. The van der Waals surface area contributed by atoms with Crippen molar-refractivity contribution in [2.75, 3.05) is 19.1 Å². The van der Waals surface area contributed by atoms with Crippen LogP contribution in [0, 0.1) is 10.1 Å². The van der Waals surface area contributed by atoms with Crippen LogP contribution in [0.4, 0.5) is 11.0 Å². The highest BCUT2D eigenvalue weighted by molar-refractivity contribution is 7.22. The smallest absolute Gasteiger partial charge is 0.433 e. The Labute approximate surface area is 179 Å². The first-order valence-electron chi connectivity index (χ1n) is 8.98. The van der Waals surface area contributed by atoms with Crippen LogP contribution in [-0.4, -0.2) is 35.0 Å². The lowest BCUT2D eigenvalue weighted by atomic mass is 10.2. The predicted molar refractivity (Wildman–Crippen MR) is 113 cm³/mol. The molecule has 0 spiro atoms. The van der Waals surface area contributed by atoms with E-state index in [1.165, 1.54) is 29.4 Å². The van der Waals surface area contributed by atoms with E-state index in [4.69, 9.17) is 13.9 Å². The van der Waals surface area contributed by atoms with E-state index in [2.05, 4.69) is 9.97 Å². The van der Waals surface area contributed by atoms with Crippen molar-refractivity contribution in [3.8, 4) is 11.5 Å². The maximum absolute atomic E-state index is 13.3. The molecule has 0 aliphatic carbocycles. The first-order chi connectivity index (χ1) is 15.0. The third-order valence-electron chi connectivity index (χ3n) is 4.42. The van der Waals surface area contributed by atoms with Gasteiger partial charge in [-0.1, -0.05) is 17.4 Å². The molecule has 1 amide bonds. The average Bonchev–Trinajstić information content (AvgIpc) is 3.45. The highest BCUT2D eigenvalue weighted by Crippen LogP contribution is 2.40. The van der Waals surface area contributed by atoms with Gasteiger partial charge in [0, 0.05) is 12.4 Å². The molecule has 0 N–H and O–H groups in total. The Morgan fingerprint density at radius 2 is 1.97 bits per heavy atom. The van der Waals surface area contributed by atoms with Gasteiger partial charge >= 0.3 is 5.88 Å². The molecule has 10 nitrogen and oxygen atoms in total. The number of anilines is 1. The van der Waals surface area contributed by atoms with Crippen molar-refractivity contribution < 1.29 is 23.6 Å². The number of furan rings is 1. The van der Waals surface area contributed by atoms with Gasteiger partial charge in [0.25, 0.3) is 5.91 Å². The molecule has 4 aromatic rings. The summed E-state index contributed by atoms with van der Waals surface area (Å²) in [6, 6.07) is 9.46. The third-order valence-corrected chi connectivity index (χ3v) is 5.51. The van der Waals surface area contributed by atoms with Crippen molar-refractivity contribution in [3.63, 3.8) is 0 Å². The van der Waals surface area contributed by atoms with Gasteiger partial charge in [-0.25, -0.2) is 4.98 Å². The summed E-state index contributed by atoms with van der Waals surface area (Å²) in [5, 5.41) is 11.3. The van der Waals surface area contributed by atoms with Gasteiger partial charge in [-0.05, 0) is 29.8 Å². The molecule has 0 aliphatic rings. The van der Waals surface area contributed by atoms with Crippen LogP contribution in [0.2, 0.25) is 0 Å². The average molecular weight is 440 g/mol. The molecule has 11 heteroatoms. The fourth-order valence-corrected chi connectivity index (χ4v) is 4.04. The molecule has 158 valence electrons. The minimum atomic E-state index is -0.699. The van der Waals surface area contributed by atoms with Crippen molar-refractivity contribution in [1.82, 2.24) is 9.97 Å². The molecular formula is C20H16N4O6S. The number of methoxy groups -OCH3 is 2. The number of rotatable bonds is 7. The molecule has 0 radical (unpaired) electrons. The lowest BCUT2D eigenvalue weighted by molar-refractivity contribution is -0.402. The van der Waals surface area contributed by atoms with Crippen LogP contribution in [0.5, 0.6) is 11.5 Å². The Morgan fingerprint density at radius 1 is 1.19 bits per heavy atom. The number of amides is 1. The van der Waals surface area contributed by atoms with Gasteiger partial charge in [-0.15, -0.1) is 0 Å². The zero-order chi connectivity index (χ0) is 22.0. The van der Waals surface area contributed by atoms with E-state index in [0.29, 0.717) is 26.8 Å². The largest absolute Gasteiger partial charge is 0.495 e. The fraction of sp³-hybridized carbons (Fsp3) is 0.150. The Morgan fingerprint density at radius 3 is 2.61 bits per heavy atom. The number of hydrogen-bond donors (Lipinski definition) is 0. The van der Waals surface area contributed by atoms with Crippen LogP contribution < -0.4 is 14.4 Å². The summed E-state index contributed by atoms with van der Waals surface area (Å²) in [6.45, 7) is 0.131. The minimum Gasteiger partial charge on any atom is -0.495 e. The number of aromatic nitrogens is 2. The van der Waals surface area contributed by atoms with Crippen molar-refractivity contribution in [2.24, 2.45) is 0 Å². The Balaban J connectivity index is 1.82. The van der Waals surface area contributed by atoms with Crippen LogP contribution in [-0.2, 0) is 6.54 Å². The number of nitro groups is 1. The van der Waals surface area contributed by atoms with Gasteiger partial charge in [0.1, 0.15) is 26.6 Å². The molecule has 0 saturated heterocycles. The molecule has 0 atom stereocenters. The maximum atomic E-state index is 13.3. The maximum Gasteiger partial charge on any atom is 0.433 e. The second-order valence-corrected chi connectivity index (χ2v) is 7.27. The Hall–Kier alpha value is -3.99. The van der Waals surface area contributed by atoms with Crippen molar-refractivity contribution in [3.05, 3.63) is 70.2 Å². The highest BCUT2D eigenvalue weighted by Gasteiger charge is 2.27. The summed E-state index contributed by atoms with van der Waals surface area (Å²) < 4.78 is 16.6. The van der Waals surface area contributed by atoms with Crippen molar-refractivity contribution >= 4 is 38.5 Å². The molecule has 1 aromatic carbocycles. The molecule has 3 heterocycles. The predicted octanol–water partition coefficient (Wildman–Crippen LogP) is 4.06. The van der Waals surface area contributed by atoms with Gasteiger partial charge < -0.3 is 13.9 Å². The number of hydrogen-bond acceptors (Lipinski definition) is 9. The zero-order valence-corrected chi connectivity index (χ0v) is 17.3. The standard InChI is InChI=1S/C20H16N4O6S/c1-28-13-5-6-14(29-2)18-17(13)22-20(31-18)23(11-12-4-3-9-21-10-12)19(25)15-7-8-16(30-15)24(26)27/h3-10H,11H2,1-2H3. The lowest BCUT2D eigenvalue weighted by Crippen LogP contribution is -2.30. The Bertz CT molecular complexity index is 1210. The molecule has 0 saturated carbocycles. The van der Waals surface area contributed by atoms with Crippen LogP contribution in [0.3, 0.4) is 0 Å². The lowest BCUT2D eigenvalue weighted by Gasteiger charge is -2.18. The van der Waals surface area contributed by atoms with E-state index >= 15 is 0 Å². The number of carbonyl (C=O) groups is 1. The molecule has 0 fully saturated rings. The quantitative estimate of drug-likeness (QED) is 0.312. The second-order valence-electron chi connectivity index (χ2n) is 6.29. The SMILES string of the molecule is COc1ccc(OC)c2sc(N(Cc3cccnc3)C(=O)c3ccc([N+](=O)[O-])o3)nc12. The molecular weight excluding hydrogens is 424 g/mol. The van der Waals surface area contributed by atoms with Gasteiger partial charge in [0.2, 0.25) is 0 Å². The van der Waals surface area contributed by atoms with Crippen LogP contribution in [0.15, 0.2) is 53.2 Å². The number of pyridine rings is 1. The fourth-order valence-electron chi connectivity index (χ4n) is 2.96. The minimum absolute atomic E-state index is 0.131. The Kier molecular flexibility index (Phi) is 5.50. The zero-order valence-electron chi connectivity index (χ0n) is 16.5. The summed E-state index contributed by atoms with van der Waals surface area (Å²) in [5.41, 5.74) is 1.28. The van der Waals surface area contributed by atoms with Crippen LogP contribution in [0.25, 0.3) is 10.2 Å². The number of carbonyl (C=O) groups excluding carboxylic acids is 1. The second kappa shape index (κ2) is 8.40. The normalized spacial score (nSPS) is 10.8. The first-order valence-corrected chi connectivity index (χ1v) is 9.80.